The normalized spacial score (nSPS) is 14.6. The van der Waals surface area contributed by atoms with Gasteiger partial charge in [-0.1, -0.05) is 11.6 Å². The Balaban J connectivity index is 3.08. The van der Waals surface area contributed by atoms with Crippen LogP contribution in [0.1, 0.15) is 25.6 Å². The summed E-state index contributed by atoms with van der Waals surface area (Å²) in [5.41, 5.74) is -0.800. The van der Waals surface area contributed by atoms with E-state index in [9.17, 15) is 10.2 Å². The second-order valence-corrected chi connectivity index (χ2v) is 3.96. The van der Waals surface area contributed by atoms with Gasteiger partial charge in [-0.05, 0) is 13.8 Å². The monoisotopic (exact) mass is 204 g/mol. The highest BCUT2D eigenvalue weighted by Gasteiger charge is 2.30. The Labute approximate surface area is 81.8 Å². The maximum absolute atomic E-state index is 9.71. The van der Waals surface area contributed by atoms with Crippen LogP contribution in [0.2, 0.25) is 5.02 Å². The van der Waals surface area contributed by atoms with Gasteiger partial charge in [0.2, 0.25) is 0 Å². The maximum atomic E-state index is 9.71. The molecule has 2 N–H and O–H groups in total. The van der Waals surface area contributed by atoms with E-state index < -0.39 is 11.7 Å². The van der Waals surface area contributed by atoms with Crippen LogP contribution in [-0.2, 0) is 7.05 Å². The Morgan fingerprint density at radius 2 is 2.15 bits per heavy atom. The van der Waals surface area contributed by atoms with Crippen molar-refractivity contribution in [2.45, 2.75) is 25.6 Å². The number of aliphatic hydroxyl groups excluding tert-OH is 1. The summed E-state index contributed by atoms with van der Waals surface area (Å²) in [5.74, 6) is 0. The fourth-order valence-corrected chi connectivity index (χ4v) is 1.33. The zero-order chi connectivity index (χ0) is 10.2. The molecule has 0 aliphatic rings. The molecule has 0 aromatic carbocycles. The van der Waals surface area contributed by atoms with Crippen molar-refractivity contribution in [3.05, 3.63) is 16.9 Å². The SMILES string of the molecule is Cn1ncc(Cl)c1C(O)C(C)(C)O. The minimum Gasteiger partial charge on any atom is -0.387 e. The Morgan fingerprint density at radius 1 is 1.62 bits per heavy atom. The Kier molecular flexibility index (Phi) is 2.66. The predicted molar refractivity (Wildman–Crippen MR) is 49.5 cm³/mol. The van der Waals surface area contributed by atoms with Crippen molar-refractivity contribution in [2.24, 2.45) is 7.05 Å². The molecule has 1 aromatic rings. The van der Waals surface area contributed by atoms with Crippen molar-refractivity contribution < 1.29 is 10.2 Å². The molecule has 1 atom stereocenters. The molecule has 1 aromatic heterocycles. The molecule has 4 nitrogen and oxygen atoms in total. The number of rotatable bonds is 2. The Morgan fingerprint density at radius 3 is 2.46 bits per heavy atom. The third kappa shape index (κ3) is 2.02. The van der Waals surface area contributed by atoms with Crippen LogP contribution in [0.5, 0.6) is 0 Å². The van der Waals surface area contributed by atoms with Crippen LogP contribution in [0.15, 0.2) is 6.20 Å². The first-order valence-electron chi connectivity index (χ1n) is 3.92. The van der Waals surface area contributed by atoms with Gasteiger partial charge in [0.1, 0.15) is 6.10 Å². The highest BCUT2D eigenvalue weighted by atomic mass is 35.5. The molecule has 1 rings (SSSR count). The number of aliphatic hydroxyl groups is 2. The van der Waals surface area contributed by atoms with Crippen molar-refractivity contribution >= 4 is 11.6 Å². The first kappa shape index (κ1) is 10.5. The second kappa shape index (κ2) is 3.29. The molecule has 74 valence electrons. The topological polar surface area (TPSA) is 58.3 Å². The molecule has 0 saturated heterocycles. The van der Waals surface area contributed by atoms with E-state index in [2.05, 4.69) is 5.10 Å². The molecule has 0 bridgehead atoms. The van der Waals surface area contributed by atoms with E-state index in [1.807, 2.05) is 0 Å². The fourth-order valence-electron chi connectivity index (χ4n) is 1.06. The third-order valence-electron chi connectivity index (χ3n) is 1.87. The highest BCUT2D eigenvalue weighted by molar-refractivity contribution is 6.31. The quantitative estimate of drug-likeness (QED) is 0.752. The predicted octanol–water partition coefficient (Wildman–Crippen LogP) is 0.878. The molecular formula is C8H13ClN2O2. The molecule has 1 unspecified atom stereocenters. The highest BCUT2D eigenvalue weighted by Crippen LogP contribution is 2.29. The summed E-state index contributed by atoms with van der Waals surface area (Å²) < 4.78 is 1.45. The average Bonchev–Trinajstić information content (AvgIpc) is 2.28. The number of aryl methyl sites for hydroxylation is 1. The van der Waals surface area contributed by atoms with E-state index in [-0.39, 0.29) is 0 Å². The van der Waals surface area contributed by atoms with Gasteiger partial charge in [0.05, 0.1) is 22.5 Å². The largest absolute Gasteiger partial charge is 0.387 e. The number of nitrogens with zero attached hydrogens (tertiary/aromatic N) is 2. The summed E-state index contributed by atoms with van der Waals surface area (Å²) in [7, 11) is 1.66. The first-order valence-corrected chi connectivity index (χ1v) is 4.29. The maximum Gasteiger partial charge on any atom is 0.125 e. The molecule has 1 heterocycles. The smallest absolute Gasteiger partial charge is 0.125 e. The molecule has 0 radical (unpaired) electrons. The van der Waals surface area contributed by atoms with Gasteiger partial charge in [0.15, 0.2) is 0 Å². The Hall–Kier alpha value is -0.580. The van der Waals surface area contributed by atoms with Gasteiger partial charge in [-0.3, -0.25) is 4.68 Å². The van der Waals surface area contributed by atoms with Gasteiger partial charge < -0.3 is 10.2 Å². The van der Waals surface area contributed by atoms with Crippen LogP contribution in [0.25, 0.3) is 0 Å². The molecule has 13 heavy (non-hydrogen) atoms. The molecule has 0 aliphatic carbocycles. The lowest BCUT2D eigenvalue weighted by Crippen LogP contribution is -2.30. The summed E-state index contributed by atoms with van der Waals surface area (Å²) in [4.78, 5) is 0. The van der Waals surface area contributed by atoms with Gasteiger partial charge >= 0.3 is 0 Å². The summed E-state index contributed by atoms with van der Waals surface area (Å²) in [5, 5.41) is 23.5. The van der Waals surface area contributed by atoms with Gasteiger partial charge in [-0.25, -0.2) is 0 Å². The summed E-state index contributed by atoms with van der Waals surface area (Å²) in [6.07, 6.45) is 0.402. The van der Waals surface area contributed by atoms with Crippen molar-refractivity contribution in [2.75, 3.05) is 0 Å². The number of aromatic nitrogens is 2. The minimum absolute atomic E-state index is 0.358. The van der Waals surface area contributed by atoms with Gasteiger partial charge in [-0.15, -0.1) is 0 Å². The molecule has 0 amide bonds. The van der Waals surface area contributed by atoms with Crippen molar-refractivity contribution in [1.82, 2.24) is 9.78 Å². The third-order valence-corrected chi connectivity index (χ3v) is 2.16. The second-order valence-electron chi connectivity index (χ2n) is 3.56. The van der Waals surface area contributed by atoms with E-state index in [1.165, 1.54) is 24.7 Å². The van der Waals surface area contributed by atoms with E-state index in [4.69, 9.17) is 11.6 Å². The first-order chi connectivity index (χ1) is 5.84. The van der Waals surface area contributed by atoms with E-state index >= 15 is 0 Å². The van der Waals surface area contributed by atoms with Gasteiger partial charge in [0, 0.05) is 7.05 Å². The zero-order valence-corrected chi connectivity index (χ0v) is 8.58. The van der Waals surface area contributed by atoms with E-state index in [1.54, 1.807) is 7.05 Å². The molecule has 0 aliphatic heterocycles. The van der Waals surface area contributed by atoms with Crippen LogP contribution in [0.3, 0.4) is 0 Å². The number of halogens is 1. The number of hydrogen-bond acceptors (Lipinski definition) is 3. The van der Waals surface area contributed by atoms with Gasteiger partial charge in [0.25, 0.3) is 0 Å². The Bertz CT molecular complexity index is 284. The molecule has 0 saturated carbocycles. The summed E-state index contributed by atoms with van der Waals surface area (Å²) in [6, 6.07) is 0. The lowest BCUT2D eigenvalue weighted by atomic mass is 9.99. The van der Waals surface area contributed by atoms with Crippen LogP contribution in [0.4, 0.5) is 0 Å². The van der Waals surface area contributed by atoms with Crippen LogP contribution in [-0.4, -0.2) is 25.6 Å². The molecule has 5 heteroatoms. The minimum atomic E-state index is -1.22. The van der Waals surface area contributed by atoms with E-state index in [0.29, 0.717) is 10.7 Å². The summed E-state index contributed by atoms with van der Waals surface area (Å²) in [6.45, 7) is 3.03. The number of hydrogen-bond donors (Lipinski definition) is 2. The molecule has 0 fully saturated rings. The molecule has 0 spiro atoms. The fraction of sp³-hybridized carbons (Fsp3) is 0.625. The van der Waals surface area contributed by atoms with Crippen molar-refractivity contribution in [3.63, 3.8) is 0 Å². The standard InChI is InChI=1S/C8H13ClN2O2/c1-8(2,13)7(12)6-5(9)4-10-11(6)3/h4,7,12-13H,1-3H3. The van der Waals surface area contributed by atoms with Crippen molar-refractivity contribution in [1.29, 1.82) is 0 Å². The van der Waals surface area contributed by atoms with Crippen LogP contribution < -0.4 is 0 Å². The van der Waals surface area contributed by atoms with Crippen molar-refractivity contribution in [3.8, 4) is 0 Å². The zero-order valence-electron chi connectivity index (χ0n) is 7.82. The molecular weight excluding hydrogens is 192 g/mol. The van der Waals surface area contributed by atoms with E-state index in [0.717, 1.165) is 0 Å². The van der Waals surface area contributed by atoms with Crippen LogP contribution >= 0.6 is 11.6 Å². The lowest BCUT2D eigenvalue weighted by molar-refractivity contribution is -0.0533. The summed E-state index contributed by atoms with van der Waals surface area (Å²) >= 11 is 5.79. The van der Waals surface area contributed by atoms with Gasteiger partial charge in [-0.2, -0.15) is 5.10 Å². The lowest BCUT2D eigenvalue weighted by Gasteiger charge is -2.24. The average molecular weight is 205 g/mol. The van der Waals surface area contributed by atoms with Crippen LogP contribution in [0, 0.1) is 0 Å².